The van der Waals surface area contributed by atoms with Crippen LogP contribution in [0.3, 0.4) is 0 Å². The first-order valence-electron chi connectivity index (χ1n) is 8.14. The summed E-state index contributed by atoms with van der Waals surface area (Å²) in [4.78, 5) is 12.5. The summed E-state index contributed by atoms with van der Waals surface area (Å²) in [7, 11) is -4.10. The second-order valence-corrected chi connectivity index (χ2v) is 7.89. The first-order valence-corrected chi connectivity index (χ1v) is 10.0. The first-order chi connectivity index (χ1) is 12.4. The Bertz CT molecular complexity index is 945. The number of nitrogens with zero attached hydrogens (tertiary/aromatic N) is 2. The molecule has 2 aromatic carbocycles. The molecule has 8 heteroatoms. The van der Waals surface area contributed by atoms with Gasteiger partial charge in [0.2, 0.25) is 0 Å². The minimum Gasteiger partial charge on any atom is -0.245 e. The number of nitrogens with one attached hydrogen (secondary N) is 1. The average Bonchev–Trinajstić information content (AvgIpc) is 3.07. The van der Waals surface area contributed by atoms with Gasteiger partial charge >= 0.3 is 6.03 Å². The average molecular weight is 392 g/mol. The molecule has 0 bridgehead atoms. The highest BCUT2D eigenvalue weighted by atomic mass is 35.5. The summed E-state index contributed by atoms with van der Waals surface area (Å²) in [6, 6.07) is 14.2. The van der Waals surface area contributed by atoms with Gasteiger partial charge in [0.1, 0.15) is 4.90 Å². The smallest absolute Gasteiger partial charge is 0.245 e. The second kappa shape index (κ2) is 7.47. The van der Waals surface area contributed by atoms with E-state index >= 15 is 0 Å². The molecule has 2 amide bonds. The van der Waals surface area contributed by atoms with Crippen molar-refractivity contribution >= 4 is 33.4 Å². The van der Waals surface area contributed by atoms with E-state index in [0.717, 1.165) is 11.3 Å². The molecule has 6 nitrogen and oxygen atoms in total. The number of sulfonamides is 1. The maximum Gasteiger partial charge on any atom is 0.352 e. The van der Waals surface area contributed by atoms with Crippen molar-refractivity contribution in [3.05, 3.63) is 65.2 Å². The van der Waals surface area contributed by atoms with Gasteiger partial charge in [-0.1, -0.05) is 61.0 Å². The molecule has 2 aromatic rings. The topological polar surface area (TPSA) is 78.8 Å². The molecule has 0 fully saturated rings. The lowest BCUT2D eigenvalue weighted by Gasteiger charge is -2.22. The van der Waals surface area contributed by atoms with Gasteiger partial charge in [0.25, 0.3) is 10.0 Å². The molecule has 0 aromatic heterocycles. The van der Waals surface area contributed by atoms with Crippen LogP contribution in [0.1, 0.15) is 31.4 Å². The van der Waals surface area contributed by atoms with E-state index in [-0.39, 0.29) is 16.0 Å². The number of urea groups is 1. The van der Waals surface area contributed by atoms with Crippen LogP contribution in [0.15, 0.2) is 64.6 Å². The molecule has 1 heterocycles. The molecule has 1 N–H and O–H groups in total. The van der Waals surface area contributed by atoms with E-state index in [0.29, 0.717) is 12.8 Å². The van der Waals surface area contributed by atoms with E-state index in [1.165, 1.54) is 17.1 Å². The Kier molecular flexibility index (Phi) is 5.29. The third-order valence-electron chi connectivity index (χ3n) is 4.12. The number of hydrogen-bond acceptors (Lipinski definition) is 4. The minimum absolute atomic E-state index is 0.0478. The monoisotopic (exact) mass is 391 g/mol. The van der Waals surface area contributed by atoms with Crippen LogP contribution in [-0.2, 0) is 10.0 Å². The van der Waals surface area contributed by atoms with Gasteiger partial charge in [0.15, 0.2) is 0 Å². The number of halogens is 1. The molecule has 3 rings (SSSR count). The van der Waals surface area contributed by atoms with E-state index in [1.54, 1.807) is 12.1 Å². The fourth-order valence-corrected chi connectivity index (χ4v) is 4.24. The predicted octanol–water partition coefficient (Wildman–Crippen LogP) is 3.95. The number of hydrogen-bond donors (Lipinski definition) is 1. The van der Waals surface area contributed by atoms with Crippen molar-refractivity contribution in [2.45, 2.75) is 30.7 Å². The van der Waals surface area contributed by atoms with Crippen LogP contribution in [0.2, 0.25) is 5.02 Å². The van der Waals surface area contributed by atoms with Gasteiger partial charge in [0.05, 0.1) is 11.1 Å². The lowest BCUT2D eigenvalue weighted by Crippen LogP contribution is -2.40. The fourth-order valence-electron chi connectivity index (χ4n) is 2.79. The summed E-state index contributed by atoms with van der Waals surface area (Å²) in [5.74, 6) is 0. The van der Waals surface area contributed by atoms with Crippen LogP contribution in [0.5, 0.6) is 0 Å². The van der Waals surface area contributed by atoms with Gasteiger partial charge in [-0.3, -0.25) is 0 Å². The van der Waals surface area contributed by atoms with Crippen LogP contribution in [0, 0.1) is 0 Å². The zero-order valence-electron chi connectivity index (χ0n) is 14.1. The fraction of sp³-hybridized carbons (Fsp3) is 0.222. The largest absolute Gasteiger partial charge is 0.352 e. The van der Waals surface area contributed by atoms with E-state index in [4.69, 9.17) is 11.6 Å². The molecule has 136 valence electrons. The molecule has 1 aliphatic heterocycles. The Balaban J connectivity index is 1.87. The SMILES string of the molecule is CCC1=NN(C(=O)NS(=O)(=O)c2ccccc2Cl)[C@@H](c2ccccc2)C1. The standard InChI is InChI=1S/C18H18ClN3O3S/c1-2-14-12-16(13-8-4-3-5-9-13)22(20-14)18(23)21-26(24,25)17-11-7-6-10-15(17)19/h3-11,16H,2,12H2,1H3,(H,21,23)/t16-/m1/s1. The Hall–Kier alpha value is -2.38. The van der Waals surface area contributed by atoms with Crippen LogP contribution in [-0.4, -0.2) is 25.2 Å². The van der Waals surface area contributed by atoms with Gasteiger partial charge < -0.3 is 0 Å². The van der Waals surface area contributed by atoms with Gasteiger partial charge in [0, 0.05) is 12.1 Å². The van der Waals surface area contributed by atoms with Crippen molar-refractivity contribution in [1.29, 1.82) is 0 Å². The number of rotatable bonds is 4. The van der Waals surface area contributed by atoms with Crippen LogP contribution in [0.25, 0.3) is 0 Å². The van der Waals surface area contributed by atoms with Crippen LogP contribution >= 0.6 is 11.6 Å². The number of amides is 2. The van der Waals surface area contributed by atoms with Crippen molar-refractivity contribution in [3.63, 3.8) is 0 Å². The molecule has 0 saturated heterocycles. The maximum absolute atomic E-state index is 12.7. The lowest BCUT2D eigenvalue weighted by molar-refractivity contribution is 0.192. The quantitative estimate of drug-likeness (QED) is 0.856. The molecule has 0 saturated carbocycles. The summed E-state index contributed by atoms with van der Waals surface area (Å²) < 4.78 is 27.1. The van der Waals surface area contributed by atoms with E-state index in [1.807, 2.05) is 37.3 Å². The molecule has 0 unspecified atom stereocenters. The van der Waals surface area contributed by atoms with Crippen LogP contribution in [0.4, 0.5) is 4.79 Å². The first kappa shape index (κ1) is 18.4. The van der Waals surface area contributed by atoms with E-state index in [2.05, 4.69) is 9.82 Å². The Morgan fingerprint density at radius 3 is 2.50 bits per heavy atom. The number of carbonyl (C=O) groups excluding carboxylic acids is 1. The number of hydrazone groups is 1. The van der Waals surface area contributed by atoms with Gasteiger partial charge in [-0.2, -0.15) is 5.10 Å². The third-order valence-corrected chi connectivity index (χ3v) is 5.94. The highest BCUT2D eigenvalue weighted by Crippen LogP contribution is 2.31. The number of benzene rings is 2. The summed E-state index contributed by atoms with van der Waals surface area (Å²) in [6.45, 7) is 1.95. The maximum atomic E-state index is 12.7. The van der Waals surface area contributed by atoms with Crippen LogP contribution < -0.4 is 4.72 Å². The van der Waals surface area contributed by atoms with Gasteiger partial charge in [-0.15, -0.1) is 0 Å². The highest BCUT2D eigenvalue weighted by Gasteiger charge is 2.34. The van der Waals surface area contributed by atoms with E-state index < -0.39 is 16.1 Å². The Morgan fingerprint density at radius 2 is 1.85 bits per heavy atom. The molecule has 0 aliphatic carbocycles. The van der Waals surface area contributed by atoms with Crippen molar-refractivity contribution in [3.8, 4) is 0 Å². The summed E-state index contributed by atoms with van der Waals surface area (Å²) >= 11 is 5.95. The second-order valence-electron chi connectivity index (χ2n) is 5.84. The minimum atomic E-state index is -4.10. The third kappa shape index (κ3) is 3.73. The molecule has 0 spiro atoms. The molecule has 1 aliphatic rings. The zero-order chi connectivity index (χ0) is 18.7. The summed E-state index contributed by atoms with van der Waals surface area (Å²) in [6.07, 6.45) is 1.25. The summed E-state index contributed by atoms with van der Waals surface area (Å²) in [5, 5.41) is 5.55. The van der Waals surface area contributed by atoms with Gasteiger partial charge in [-0.05, 0) is 24.1 Å². The molecular formula is C18H18ClN3O3S. The van der Waals surface area contributed by atoms with Crippen molar-refractivity contribution in [2.24, 2.45) is 5.10 Å². The van der Waals surface area contributed by atoms with Crippen molar-refractivity contribution in [1.82, 2.24) is 9.73 Å². The van der Waals surface area contributed by atoms with Crippen molar-refractivity contribution in [2.75, 3.05) is 0 Å². The number of carbonyl (C=O) groups is 1. The molecule has 26 heavy (non-hydrogen) atoms. The highest BCUT2D eigenvalue weighted by molar-refractivity contribution is 7.90. The van der Waals surface area contributed by atoms with Crippen molar-refractivity contribution < 1.29 is 13.2 Å². The predicted molar refractivity (Wildman–Crippen MR) is 101 cm³/mol. The molecule has 1 atom stereocenters. The Morgan fingerprint density at radius 1 is 1.19 bits per heavy atom. The van der Waals surface area contributed by atoms with Gasteiger partial charge in [-0.25, -0.2) is 22.9 Å². The molecular weight excluding hydrogens is 374 g/mol. The zero-order valence-corrected chi connectivity index (χ0v) is 15.7. The Labute approximate surface area is 157 Å². The lowest BCUT2D eigenvalue weighted by atomic mass is 10.0. The summed E-state index contributed by atoms with van der Waals surface area (Å²) in [5.41, 5.74) is 1.73. The van der Waals surface area contributed by atoms with E-state index in [9.17, 15) is 13.2 Å². The molecule has 0 radical (unpaired) electrons. The normalized spacial score (nSPS) is 17.1.